The fraction of sp³-hybridized carbons (Fsp3) is 0.192. The zero-order valence-electron chi connectivity index (χ0n) is 21.0. The first kappa shape index (κ1) is 28.8. The Morgan fingerprint density at radius 1 is 0.900 bits per heavy atom. The average molecular weight is 583 g/mol. The molecule has 40 heavy (non-hydrogen) atoms. The summed E-state index contributed by atoms with van der Waals surface area (Å²) in [6.07, 6.45) is -3.86. The summed E-state index contributed by atoms with van der Waals surface area (Å²) < 4.78 is 110. The average Bonchev–Trinajstić information content (AvgIpc) is 2.84. The molecule has 0 fully saturated rings. The lowest BCUT2D eigenvalue weighted by atomic mass is 9.96. The number of hydrogen-bond donors (Lipinski definition) is 2. The first-order valence-electron chi connectivity index (χ1n) is 11.4. The quantitative estimate of drug-likeness (QED) is 0.261. The van der Waals surface area contributed by atoms with Crippen LogP contribution in [0.15, 0.2) is 59.6 Å². The van der Waals surface area contributed by atoms with Gasteiger partial charge in [-0.2, -0.15) is 13.2 Å². The van der Waals surface area contributed by atoms with E-state index in [1.165, 1.54) is 24.4 Å². The van der Waals surface area contributed by atoms with E-state index < -0.39 is 60.8 Å². The van der Waals surface area contributed by atoms with E-state index in [4.69, 9.17) is 0 Å². The lowest BCUT2D eigenvalue weighted by molar-refractivity contribution is -0.140. The van der Waals surface area contributed by atoms with E-state index in [9.17, 15) is 35.2 Å². The second-order valence-electron chi connectivity index (χ2n) is 9.70. The van der Waals surface area contributed by atoms with Crippen LogP contribution in [0, 0.1) is 22.9 Å². The molecule has 0 bridgehead atoms. The largest absolute Gasteiger partial charge is 0.419 e. The highest BCUT2D eigenvalue weighted by Crippen LogP contribution is 2.35. The first-order chi connectivity index (χ1) is 18.5. The maximum Gasteiger partial charge on any atom is 0.419 e. The Morgan fingerprint density at radius 2 is 1.57 bits per heavy atom. The van der Waals surface area contributed by atoms with Gasteiger partial charge in [0.15, 0.2) is 5.82 Å². The van der Waals surface area contributed by atoms with Gasteiger partial charge in [0.25, 0.3) is 10.0 Å². The van der Waals surface area contributed by atoms with E-state index in [0.717, 1.165) is 12.1 Å². The standard InChI is InChI=1S/C26H20F6N4O3S/c1-25(2,3)23(37)35-24-33-12-14-10-13(4-8-19(14)34-24)21-18(28)7-9-20(22(21)29)36-40(38,39)15-5-6-17(27)16(11-15)26(30,31)32/h4-12,36H,1-3H3,(H,33,34,35,37). The molecule has 1 aromatic heterocycles. The number of amides is 1. The van der Waals surface area contributed by atoms with E-state index in [2.05, 4.69) is 15.3 Å². The highest BCUT2D eigenvalue weighted by Gasteiger charge is 2.35. The van der Waals surface area contributed by atoms with Crippen molar-refractivity contribution in [1.82, 2.24) is 9.97 Å². The fourth-order valence-electron chi connectivity index (χ4n) is 3.53. The summed E-state index contributed by atoms with van der Waals surface area (Å²) in [5.74, 6) is -4.41. The van der Waals surface area contributed by atoms with Gasteiger partial charge in [-0.3, -0.25) is 14.8 Å². The van der Waals surface area contributed by atoms with Crippen LogP contribution in [0.2, 0.25) is 0 Å². The molecule has 4 aromatic rings. The van der Waals surface area contributed by atoms with Crippen molar-refractivity contribution >= 4 is 38.5 Å². The predicted octanol–water partition coefficient (Wildman–Crippen LogP) is 6.52. The smallest absolute Gasteiger partial charge is 0.294 e. The van der Waals surface area contributed by atoms with Crippen molar-refractivity contribution in [1.29, 1.82) is 0 Å². The highest BCUT2D eigenvalue weighted by atomic mass is 32.2. The van der Waals surface area contributed by atoms with Gasteiger partial charge in [0, 0.05) is 17.0 Å². The number of sulfonamides is 1. The molecule has 1 heterocycles. The highest BCUT2D eigenvalue weighted by molar-refractivity contribution is 7.92. The van der Waals surface area contributed by atoms with Crippen LogP contribution >= 0.6 is 0 Å². The minimum atomic E-state index is -5.18. The van der Waals surface area contributed by atoms with Gasteiger partial charge >= 0.3 is 6.18 Å². The number of rotatable bonds is 5. The van der Waals surface area contributed by atoms with E-state index in [1.807, 2.05) is 0 Å². The van der Waals surface area contributed by atoms with Crippen LogP contribution < -0.4 is 10.0 Å². The second-order valence-corrected chi connectivity index (χ2v) is 11.4. The molecule has 2 N–H and O–H groups in total. The lowest BCUT2D eigenvalue weighted by Crippen LogP contribution is -2.28. The number of carbonyl (C=O) groups is 1. The van der Waals surface area contributed by atoms with Gasteiger partial charge in [-0.1, -0.05) is 26.8 Å². The normalized spacial score (nSPS) is 12.4. The predicted molar refractivity (Wildman–Crippen MR) is 135 cm³/mol. The van der Waals surface area contributed by atoms with Crippen molar-refractivity contribution in [2.45, 2.75) is 31.8 Å². The van der Waals surface area contributed by atoms with E-state index >= 15 is 4.39 Å². The molecule has 14 heteroatoms. The summed E-state index contributed by atoms with van der Waals surface area (Å²) in [6, 6.07) is 6.55. The Balaban J connectivity index is 1.69. The van der Waals surface area contributed by atoms with E-state index in [1.54, 1.807) is 25.5 Å². The maximum atomic E-state index is 15.4. The maximum absolute atomic E-state index is 15.4. The van der Waals surface area contributed by atoms with Gasteiger partial charge in [0.2, 0.25) is 11.9 Å². The van der Waals surface area contributed by atoms with Gasteiger partial charge in [-0.15, -0.1) is 0 Å². The molecule has 0 radical (unpaired) electrons. The Hall–Kier alpha value is -4.20. The zero-order valence-corrected chi connectivity index (χ0v) is 21.8. The molecule has 1 amide bonds. The fourth-order valence-corrected chi connectivity index (χ4v) is 4.61. The van der Waals surface area contributed by atoms with Crippen LogP contribution in [0.1, 0.15) is 26.3 Å². The van der Waals surface area contributed by atoms with Crippen molar-refractivity contribution in [3.8, 4) is 11.1 Å². The zero-order chi connectivity index (χ0) is 29.6. The van der Waals surface area contributed by atoms with Crippen LogP contribution in [-0.4, -0.2) is 24.3 Å². The Labute approximate surface area is 224 Å². The minimum Gasteiger partial charge on any atom is -0.294 e. The van der Waals surface area contributed by atoms with Gasteiger partial charge < -0.3 is 0 Å². The number of anilines is 2. The molecule has 0 unspecified atom stereocenters. The Morgan fingerprint density at radius 3 is 2.23 bits per heavy atom. The number of carbonyl (C=O) groups excluding carboxylic acids is 1. The summed E-state index contributed by atoms with van der Waals surface area (Å²) >= 11 is 0. The summed E-state index contributed by atoms with van der Waals surface area (Å²) in [5, 5.41) is 2.90. The summed E-state index contributed by atoms with van der Waals surface area (Å²) in [7, 11) is -4.84. The Bertz CT molecular complexity index is 1750. The molecule has 210 valence electrons. The summed E-state index contributed by atoms with van der Waals surface area (Å²) in [6.45, 7) is 5.10. The molecule has 0 atom stereocenters. The summed E-state index contributed by atoms with van der Waals surface area (Å²) in [5.41, 5.74) is -3.62. The molecule has 4 rings (SSSR count). The van der Waals surface area contributed by atoms with Gasteiger partial charge in [-0.25, -0.2) is 31.6 Å². The van der Waals surface area contributed by atoms with E-state index in [-0.39, 0.29) is 23.5 Å². The molecule has 0 aliphatic rings. The van der Waals surface area contributed by atoms with Gasteiger partial charge in [0.1, 0.15) is 11.6 Å². The topological polar surface area (TPSA) is 101 Å². The van der Waals surface area contributed by atoms with Crippen molar-refractivity contribution in [3.63, 3.8) is 0 Å². The van der Waals surface area contributed by atoms with Crippen molar-refractivity contribution in [2.24, 2.45) is 5.41 Å². The molecule has 0 aliphatic heterocycles. The van der Waals surface area contributed by atoms with Crippen LogP contribution in [0.5, 0.6) is 0 Å². The van der Waals surface area contributed by atoms with Crippen molar-refractivity contribution in [2.75, 3.05) is 10.0 Å². The SMILES string of the molecule is CC(C)(C)C(=O)Nc1ncc2cc(-c3c(F)ccc(NS(=O)(=O)c4ccc(F)c(C(F)(F)F)c4)c3F)ccc2n1. The Kier molecular flexibility index (Phi) is 7.26. The van der Waals surface area contributed by atoms with Crippen LogP contribution in [0.4, 0.5) is 38.0 Å². The first-order valence-corrected chi connectivity index (χ1v) is 12.9. The molecule has 0 spiro atoms. The van der Waals surface area contributed by atoms with Crippen molar-refractivity contribution < 1.29 is 39.6 Å². The van der Waals surface area contributed by atoms with Crippen molar-refractivity contribution in [3.05, 3.63) is 77.7 Å². The number of fused-ring (bicyclic) bond motifs is 1. The molecule has 0 saturated heterocycles. The molecule has 7 nitrogen and oxygen atoms in total. The lowest BCUT2D eigenvalue weighted by Gasteiger charge is -2.16. The number of alkyl halides is 3. The number of halogens is 6. The minimum absolute atomic E-state index is 0.0170. The van der Waals surface area contributed by atoms with Crippen LogP contribution in [0.25, 0.3) is 22.0 Å². The number of benzene rings is 3. The third-order valence-electron chi connectivity index (χ3n) is 5.66. The van der Waals surface area contributed by atoms with Crippen LogP contribution in [0.3, 0.4) is 0 Å². The van der Waals surface area contributed by atoms with Gasteiger partial charge in [0.05, 0.1) is 27.2 Å². The molecule has 3 aromatic carbocycles. The number of nitrogens with zero attached hydrogens (tertiary/aromatic N) is 2. The van der Waals surface area contributed by atoms with Crippen LogP contribution in [-0.2, 0) is 21.0 Å². The van der Waals surface area contributed by atoms with Gasteiger partial charge in [-0.05, 0) is 48.0 Å². The number of hydrogen-bond acceptors (Lipinski definition) is 5. The second kappa shape index (κ2) is 10.1. The number of nitrogens with one attached hydrogen (secondary N) is 2. The molecule has 0 saturated carbocycles. The summed E-state index contributed by atoms with van der Waals surface area (Å²) in [4.78, 5) is 19.5. The molecule has 0 aliphatic carbocycles. The third-order valence-corrected chi connectivity index (χ3v) is 7.03. The molecular formula is C26H20F6N4O3S. The molecular weight excluding hydrogens is 562 g/mol. The third kappa shape index (κ3) is 5.86. The number of aromatic nitrogens is 2. The monoisotopic (exact) mass is 582 g/mol. The van der Waals surface area contributed by atoms with E-state index in [0.29, 0.717) is 23.0 Å².